The third-order valence-corrected chi connectivity index (χ3v) is 8.24. The number of nitrogens with one attached hydrogen (secondary N) is 2. The summed E-state index contributed by atoms with van der Waals surface area (Å²) in [5.41, 5.74) is -5.61. The molecule has 1 aromatic heterocycles. The average Bonchev–Trinajstić information content (AvgIpc) is 3.93. The lowest BCUT2D eigenvalue weighted by atomic mass is 9.87. The molecule has 3 N–H and O–H groups in total. The first kappa shape index (κ1) is 36.9. The lowest BCUT2D eigenvalue weighted by molar-refractivity contribution is -0.265. The smallest absolute Gasteiger partial charge is 0.424 e. The second-order valence-corrected chi connectivity index (χ2v) is 12.5. The summed E-state index contributed by atoms with van der Waals surface area (Å²) >= 11 is 0. The van der Waals surface area contributed by atoms with E-state index < -0.39 is 47.4 Å². The predicted octanol–water partition coefficient (Wildman–Crippen LogP) is 6.79. The van der Waals surface area contributed by atoms with Gasteiger partial charge in [0.1, 0.15) is 18.1 Å². The second-order valence-electron chi connectivity index (χ2n) is 12.5. The van der Waals surface area contributed by atoms with Gasteiger partial charge in [0.2, 0.25) is 5.60 Å². The number of amides is 2. The SMILES string of the molecule is COc1cc(C(=O)NCC(O)(c2cc(C(C)(C)NC(=O)OCc3ccccc3)c(OC)c(-c3ccc(F)cc3)n2)C(F)(F)F)ccc1OC1CC1. The topological polar surface area (TPSA) is 128 Å². The van der Waals surface area contributed by atoms with Gasteiger partial charge in [0.05, 0.1) is 38.1 Å². The van der Waals surface area contributed by atoms with Crippen LogP contribution in [0.3, 0.4) is 0 Å². The van der Waals surface area contributed by atoms with Crippen LogP contribution in [-0.2, 0) is 22.5 Å². The molecule has 14 heteroatoms. The van der Waals surface area contributed by atoms with Gasteiger partial charge in [0.15, 0.2) is 17.2 Å². The Kier molecular flexibility index (Phi) is 10.7. The molecule has 0 spiro atoms. The van der Waals surface area contributed by atoms with Gasteiger partial charge in [-0.1, -0.05) is 30.3 Å². The highest BCUT2D eigenvalue weighted by Crippen LogP contribution is 2.44. The molecule has 1 fully saturated rings. The minimum Gasteiger partial charge on any atom is -0.494 e. The number of alkyl carbamates (subject to hydrolysis) is 1. The van der Waals surface area contributed by atoms with E-state index in [0.717, 1.165) is 31.0 Å². The van der Waals surface area contributed by atoms with Gasteiger partial charge in [-0.05, 0) is 80.8 Å². The summed E-state index contributed by atoms with van der Waals surface area (Å²) in [6.07, 6.45) is -4.50. The number of halogens is 4. The maximum absolute atomic E-state index is 15.0. The molecule has 3 aromatic carbocycles. The summed E-state index contributed by atoms with van der Waals surface area (Å²) in [5.74, 6) is -1.03. The number of benzene rings is 3. The van der Waals surface area contributed by atoms with Gasteiger partial charge in [0, 0.05) is 16.7 Å². The number of aliphatic hydroxyl groups is 1. The fourth-order valence-corrected chi connectivity index (χ4v) is 5.22. The van der Waals surface area contributed by atoms with Crippen molar-refractivity contribution in [2.24, 2.45) is 0 Å². The van der Waals surface area contributed by atoms with Crippen molar-refractivity contribution in [3.63, 3.8) is 0 Å². The van der Waals surface area contributed by atoms with Crippen LogP contribution < -0.4 is 24.8 Å². The zero-order valence-corrected chi connectivity index (χ0v) is 28.3. The standard InChI is InChI=1S/C37H37F4N3O7/c1-35(2,44-34(46)50-20-22-8-6-5-7-9-22)27-19-30(43-31(32(27)49-4)23-10-13-25(38)14-11-23)36(47,37(39,40)41)21-42-33(45)24-12-17-28(29(18-24)48-3)51-26-15-16-26/h5-14,17-19,26,47H,15-16,20-21H2,1-4H3,(H,42,45)(H,44,46). The molecule has 1 aliphatic carbocycles. The molecule has 1 aliphatic rings. The first-order valence-electron chi connectivity index (χ1n) is 15.9. The normalized spacial score (nSPS) is 14.2. The molecule has 2 amide bonds. The highest BCUT2D eigenvalue weighted by molar-refractivity contribution is 5.95. The van der Waals surface area contributed by atoms with Crippen molar-refractivity contribution in [3.05, 3.63) is 107 Å². The van der Waals surface area contributed by atoms with E-state index in [1.807, 2.05) is 0 Å². The summed E-state index contributed by atoms with van der Waals surface area (Å²) in [4.78, 5) is 30.3. The van der Waals surface area contributed by atoms with E-state index in [4.69, 9.17) is 18.9 Å². The Morgan fingerprint density at radius 1 is 0.922 bits per heavy atom. The molecule has 0 saturated heterocycles. The van der Waals surface area contributed by atoms with Crippen LogP contribution in [0.5, 0.6) is 17.2 Å². The van der Waals surface area contributed by atoms with Crippen LogP contribution in [0, 0.1) is 5.82 Å². The van der Waals surface area contributed by atoms with Crippen LogP contribution in [0.4, 0.5) is 22.4 Å². The van der Waals surface area contributed by atoms with E-state index in [-0.39, 0.29) is 46.6 Å². The lowest BCUT2D eigenvalue weighted by Crippen LogP contribution is -2.52. The van der Waals surface area contributed by atoms with Gasteiger partial charge in [-0.15, -0.1) is 0 Å². The van der Waals surface area contributed by atoms with Gasteiger partial charge in [-0.25, -0.2) is 14.2 Å². The number of rotatable bonds is 13. The molecule has 5 rings (SSSR count). The molecule has 1 heterocycles. The first-order chi connectivity index (χ1) is 24.1. The number of ether oxygens (including phenoxy) is 4. The Hall–Kier alpha value is -5.37. The van der Waals surface area contributed by atoms with Crippen molar-refractivity contribution in [1.82, 2.24) is 15.6 Å². The molecule has 270 valence electrons. The highest BCUT2D eigenvalue weighted by Gasteiger charge is 2.57. The molecule has 0 radical (unpaired) electrons. The number of nitrogens with zero attached hydrogens (tertiary/aromatic N) is 1. The number of carbonyl (C=O) groups excluding carboxylic acids is 2. The summed E-state index contributed by atoms with van der Waals surface area (Å²) in [5, 5.41) is 16.3. The van der Waals surface area contributed by atoms with Gasteiger partial charge in [0.25, 0.3) is 5.91 Å². The largest absolute Gasteiger partial charge is 0.494 e. The fraction of sp³-hybridized carbons (Fsp3) is 0.324. The van der Waals surface area contributed by atoms with Crippen molar-refractivity contribution in [2.45, 2.75) is 56.7 Å². The Morgan fingerprint density at radius 2 is 1.61 bits per heavy atom. The molecule has 10 nitrogen and oxygen atoms in total. The number of hydrogen-bond acceptors (Lipinski definition) is 8. The van der Waals surface area contributed by atoms with E-state index in [1.165, 1.54) is 58.4 Å². The average molecular weight is 712 g/mol. The molecular weight excluding hydrogens is 674 g/mol. The summed E-state index contributed by atoms with van der Waals surface area (Å²) in [7, 11) is 2.62. The number of hydrogen-bond donors (Lipinski definition) is 3. The van der Waals surface area contributed by atoms with E-state index in [9.17, 15) is 32.3 Å². The van der Waals surface area contributed by atoms with Crippen LogP contribution in [0.25, 0.3) is 11.3 Å². The number of carbonyl (C=O) groups is 2. The molecule has 4 aromatic rings. The quantitative estimate of drug-likeness (QED) is 0.130. The minimum atomic E-state index is -5.38. The number of pyridine rings is 1. The summed E-state index contributed by atoms with van der Waals surface area (Å²) in [6.45, 7) is 1.54. The highest BCUT2D eigenvalue weighted by atomic mass is 19.4. The maximum atomic E-state index is 15.0. The lowest BCUT2D eigenvalue weighted by Gasteiger charge is -2.34. The van der Waals surface area contributed by atoms with Gasteiger partial charge >= 0.3 is 12.3 Å². The Bertz CT molecular complexity index is 1870. The monoisotopic (exact) mass is 711 g/mol. The molecule has 51 heavy (non-hydrogen) atoms. The third-order valence-electron chi connectivity index (χ3n) is 8.24. The van der Waals surface area contributed by atoms with Crippen LogP contribution in [0.15, 0.2) is 78.9 Å². The Morgan fingerprint density at radius 3 is 2.22 bits per heavy atom. The van der Waals surface area contributed by atoms with Gasteiger partial charge < -0.3 is 34.7 Å². The number of aromatic nitrogens is 1. The first-order valence-corrected chi connectivity index (χ1v) is 15.9. The molecule has 1 unspecified atom stereocenters. The van der Waals surface area contributed by atoms with Crippen LogP contribution in [-0.4, -0.2) is 55.1 Å². The van der Waals surface area contributed by atoms with E-state index in [1.54, 1.807) is 30.3 Å². The van der Waals surface area contributed by atoms with Crippen molar-refractivity contribution in [1.29, 1.82) is 0 Å². The molecule has 1 atom stereocenters. The molecular formula is C37H37F4N3O7. The minimum absolute atomic E-state index is 0.0298. The van der Waals surface area contributed by atoms with E-state index >= 15 is 0 Å². The van der Waals surface area contributed by atoms with Crippen molar-refractivity contribution < 1.29 is 51.2 Å². The molecule has 1 saturated carbocycles. The zero-order chi connectivity index (χ0) is 37.0. The maximum Gasteiger partial charge on any atom is 0.424 e. The number of alkyl halides is 3. The van der Waals surface area contributed by atoms with Crippen LogP contribution in [0.1, 0.15) is 53.9 Å². The third kappa shape index (κ3) is 8.51. The van der Waals surface area contributed by atoms with Gasteiger partial charge in [-0.3, -0.25) is 4.79 Å². The van der Waals surface area contributed by atoms with E-state index in [0.29, 0.717) is 11.3 Å². The summed E-state index contributed by atoms with van der Waals surface area (Å²) in [6, 6.07) is 18.7. The predicted molar refractivity (Wildman–Crippen MR) is 178 cm³/mol. The Balaban J connectivity index is 1.51. The van der Waals surface area contributed by atoms with Crippen LogP contribution in [0.2, 0.25) is 0 Å². The zero-order valence-electron chi connectivity index (χ0n) is 28.3. The Labute approximate surface area is 291 Å². The van der Waals surface area contributed by atoms with Crippen LogP contribution >= 0.6 is 0 Å². The fourth-order valence-electron chi connectivity index (χ4n) is 5.22. The molecule has 0 aliphatic heterocycles. The molecule has 0 bridgehead atoms. The van der Waals surface area contributed by atoms with Gasteiger partial charge in [-0.2, -0.15) is 13.2 Å². The van der Waals surface area contributed by atoms with Crippen molar-refractivity contribution in [3.8, 4) is 28.5 Å². The van der Waals surface area contributed by atoms with Crippen molar-refractivity contribution in [2.75, 3.05) is 20.8 Å². The van der Waals surface area contributed by atoms with Crippen molar-refractivity contribution >= 4 is 12.0 Å². The van der Waals surface area contributed by atoms with E-state index in [2.05, 4.69) is 15.6 Å². The summed E-state index contributed by atoms with van der Waals surface area (Å²) < 4.78 is 80.8. The number of methoxy groups -OCH3 is 2. The second kappa shape index (κ2) is 14.9.